The molecule has 0 spiro atoms. The summed E-state index contributed by atoms with van der Waals surface area (Å²) in [6, 6.07) is -0.805. The Morgan fingerprint density at radius 2 is 1.65 bits per heavy atom. The molecule has 0 aromatic heterocycles. The Hall–Kier alpha value is -3.49. The Bertz CT molecular complexity index is 1500. The smallest absolute Gasteiger partial charge is 0.462 e. The summed E-state index contributed by atoms with van der Waals surface area (Å²) in [5.74, 6) is -2.92. The van der Waals surface area contributed by atoms with E-state index in [2.05, 4.69) is 0 Å². The lowest BCUT2D eigenvalue weighted by Gasteiger charge is -2.50. The second-order valence-corrected chi connectivity index (χ2v) is 17.0. The molecule has 0 bridgehead atoms. The van der Waals surface area contributed by atoms with E-state index >= 15 is 0 Å². The molecule has 0 amide bonds. The molecule has 0 aromatic carbocycles. The van der Waals surface area contributed by atoms with E-state index in [0.29, 0.717) is 12.8 Å². The van der Waals surface area contributed by atoms with Gasteiger partial charge in [0.05, 0.1) is 37.4 Å². The van der Waals surface area contributed by atoms with Gasteiger partial charge < -0.3 is 67.6 Å². The third kappa shape index (κ3) is 15.3. The summed E-state index contributed by atoms with van der Waals surface area (Å²) in [7, 11) is 4.85. The Morgan fingerprint density at radius 3 is 2.24 bits per heavy atom. The minimum atomic E-state index is -1.51. The van der Waals surface area contributed by atoms with Crippen LogP contribution in [0.25, 0.3) is 0 Å². The molecule has 3 rings (SSSR count). The number of aldehydes is 1. The first-order chi connectivity index (χ1) is 29.3. The van der Waals surface area contributed by atoms with E-state index < -0.39 is 116 Å². The van der Waals surface area contributed by atoms with Gasteiger partial charge in [0.1, 0.15) is 42.4 Å². The molecule has 0 radical (unpaired) electrons. The van der Waals surface area contributed by atoms with E-state index in [1.54, 1.807) is 66.6 Å². The van der Waals surface area contributed by atoms with Crippen LogP contribution in [-0.4, -0.2) is 158 Å². The first kappa shape index (κ1) is 52.9. The highest BCUT2D eigenvalue weighted by Gasteiger charge is 2.53. The second-order valence-electron chi connectivity index (χ2n) is 17.0. The van der Waals surface area contributed by atoms with Gasteiger partial charge >= 0.3 is 24.1 Å². The number of ether oxygens (including phenoxy) is 9. The minimum Gasteiger partial charge on any atom is -0.462 e. The van der Waals surface area contributed by atoms with Crippen molar-refractivity contribution in [1.82, 2.24) is 4.90 Å². The van der Waals surface area contributed by atoms with Crippen LogP contribution in [0.1, 0.15) is 99.8 Å². The van der Waals surface area contributed by atoms with Gasteiger partial charge in [-0.2, -0.15) is 0 Å². The molecule has 18 nitrogen and oxygen atoms in total. The average molecular weight is 886 g/mol. The van der Waals surface area contributed by atoms with Gasteiger partial charge in [-0.1, -0.05) is 45.1 Å². The molecule has 2 saturated heterocycles. The number of nitrogens with zero attached hydrogens (tertiary/aromatic N) is 1. The van der Waals surface area contributed by atoms with E-state index in [0.717, 1.165) is 6.29 Å². The van der Waals surface area contributed by atoms with Crippen LogP contribution in [0.2, 0.25) is 0 Å². The number of aliphatic hydroxyl groups is 2. The molecule has 18 heteroatoms. The van der Waals surface area contributed by atoms with E-state index in [4.69, 9.17) is 42.6 Å². The molecule has 2 fully saturated rings. The van der Waals surface area contributed by atoms with Crippen molar-refractivity contribution < 1.29 is 81.9 Å². The highest BCUT2D eigenvalue weighted by molar-refractivity contribution is 5.72. The van der Waals surface area contributed by atoms with Crippen molar-refractivity contribution >= 4 is 30.3 Å². The van der Waals surface area contributed by atoms with Crippen LogP contribution in [0.5, 0.6) is 0 Å². The number of esters is 3. The summed E-state index contributed by atoms with van der Waals surface area (Å²) < 4.78 is 53.8. The Kier molecular flexibility index (Phi) is 21.4. The van der Waals surface area contributed by atoms with Gasteiger partial charge in [0.25, 0.3) is 0 Å². The van der Waals surface area contributed by atoms with Crippen LogP contribution in [0.3, 0.4) is 0 Å². The number of carbonyl (C=O) groups is 5. The van der Waals surface area contributed by atoms with E-state index in [1.807, 2.05) is 25.2 Å². The lowest BCUT2D eigenvalue weighted by molar-refractivity contribution is -0.344. The number of cyclic esters (lactones) is 1. The fraction of sp³-hybridized carbons (Fsp3) is 0.795. The van der Waals surface area contributed by atoms with Crippen LogP contribution in [-0.2, 0) is 61.8 Å². The number of hydrogen-bond donors (Lipinski definition) is 3. The van der Waals surface area contributed by atoms with Crippen molar-refractivity contribution in [3.63, 3.8) is 0 Å². The summed E-state index contributed by atoms with van der Waals surface area (Å²) in [6.07, 6.45) is -4.02. The molecule has 3 aliphatic heterocycles. The van der Waals surface area contributed by atoms with Crippen LogP contribution in [0, 0.1) is 17.8 Å². The summed E-state index contributed by atoms with van der Waals surface area (Å²) in [5.41, 5.74) is -1.51. The molecule has 1 unspecified atom stereocenters. The largest absolute Gasteiger partial charge is 0.505 e. The second kappa shape index (κ2) is 25.1. The highest BCUT2D eigenvalue weighted by atomic mass is 16.7. The number of likely N-dealkylation sites (N-methyl/N-ethyl adjacent to an activating group) is 1. The molecule has 0 aromatic rings. The number of methoxy groups -OCH3 is 1. The van der Waals surface area contributed by atoms with Crippen LogP contribution in [0.4, 0.5) is 4.79 Å². The van der Waals surface area contributed by atoms with Crippen molar-refractivity contribution in [1.29, 1.82) is 0 Å². The molecule has 0 saturated carbocycles. The molecular weight excluding hydrogens is 814 g/mol. The standard InChI is InChI=1S/C44H71NO17/c1-11-32(47)59-31-23-34(49)56-26(4)16-14-13-15-17-29(19-21-55-43(51)52)25(3)22-30(18-20-46)39(40(31)54-10)62-42-37(50)36(45(8)9)38(27(5)58-42)61-35-24-44(7,53)41(28(6)57-35)60-33(48)12-2/h13-15,17,20,25-31,35-42,50,53H,11-12,16,18-19,21-24H2,1-10H3,(H,51,52)/b14-13+,17-15+/t25-,26-,27-,28+,29-,30+,31-,35+,36-,37-,38-,39?,40+,41+,42+,44-/m1/s1. The van der Waals surface area contributed by atoms with Gasteiger partial charge in [-0.25, -0.2) is 4.79 Å². The quantitative estimate of drug-likeness (QED) is 0.119. The van der Waals surface area contributed by atoms with Gasteiger partial charge in [-0.15, -0.1) is 0 Å². The highest BCUT2D eigenvalue weighted by Crippen LogP contribution is 2.38. The number of aliphatic hydroxyl groups excluding tert-OH is 1. The Balaban J connectivity index is 2.07. The summed E-state index contributed by atoms with van der Waals surface area (Å²) in [5, 5.41) is 32.7. The van der Waals surface area contributed by atoms with Crippen molar-refractivity contribution in [3.05, 3.63) is 24.3 Å². The minimum absolute atomic E-state index is 0.0206. The molecule has 3 aliphatic rings. The van der Waals surface area contributed by atoms with Crippen molar-refractivity contribution in [2.45, 2.75) is 179 Å². The zero-order chi connectivity index (χ0) is 46.3. The predicted octanol–water partition coefficient (Wildman–Crippen LogP) is 4.11. The zero-order valence-electron chi connectivity index (χ0n) is 37.9. The summed E-state index contributed by atoms with van der Waals surface area (Å²) >= 11 is 0. The number of rotatable bonds is 15. The zero-order valence-corrected chi connectivity index (χ0v) is 37.9. The maximum atomic E-state index is 13.4. The lowest BCUT2D eigenvalue weighted by atomic mass is 9.78. The maximum Gasteiger partial charge on any atom is 0.505 e. The maximum absolute atomic E-state index is 13.4. The molecule has 3 N–H and O–H groups in total. The fourth-order valence-electron chi connectivity index (χ4n) is 8.55. The molecule has 16 atom stereocenters. The first-order valence-corrected chi connectivity index (χ1v) is 21.7. The Labute approximate surface area is 365 Å². The molecular formula is C44H71NO17. The summed E-state index contributed by atoms with van der Waals surface area (Å²) in [6.45, 7) is 11.8. The number of hydrogen-bond acceptors (Lipinski definition) is 17. The topological polar surface area (TPSA) is 232 Å². The van der Waals surface area contributed by atoms with E-state index in [-0.39, 0.29) is 50.5 Å². The number of carbonyl (C=O) groups excluding carboxylic acids is 4. The fourth-order valence-corrected chi connectivity index (χ4v) is 8.55. The van der Waals surface area contributed by atoms with Gasteiger partial charge in [0, 0.05) is 39.2 Å². The van der Waals surface area contributed by atoms with E-state index in [1.165, 1.54) is 7.11 Å². The van der Waals surface area contributed by atoms with Crippen LogP contribution in [0.15, 0.2) is 24.3 Å². The van der Waals surface area contributed by atoms with E-state index in [9.17, 15) is 39.3 Å². The van der Waals surface area contributed by atoms with Crippen molar-refractivity contribution in [2.75, 3.05) is 27.8 Å². The van der Waals surface area contributed by atoms with Crippen molar-refractivity contribution in [3.8, 4) is 0 Å². The average Bonchev–Trinajstić information content (AvgIpc) is 3.18. The molecule has 354 valence electrons. The lowest BCUT2D eigenvalue weighted by Crippen LogP contribution is -2.66. The van der Waals surface area contributed by atoms with Gasteiger partial charge in [0.2, 0.25) is 0 Å². The van der Waals surface area contributed by atoms with Gasteiger partial charge in [-0.05, 0) is 72.4 Å². The number of allylic oxidation sites excluding steroid dienone is 3. The van der Waals surface area contributed by atoms with Crippen LogP contribution < -0.4 is 0 Å². The van der Waals surface area contributed by atoms with Crippen molar-refractivity contribution in [2.24, 2.45) is 17.8 Å². The molecule has 3 heterocycles. The van der Waals surface area contributed by atoms with Gasteiger partial charge in [-0.3, -0.25) is 14.4 Å². The summed E-state index contributed by atoms with van der Waals surface area (Å²) in [4.78, 5) is 64.0. The first-order valence-electron chi connectivity index (χ1n) is 21.7. The normalized spacial score (nSPS) is 38.6. The molecule has 0 aliphatic carbocycles. The monoisotopic (exact) mass is 885 g/mol. The van der Waals surface area contributed by atoms with Crippen LogP contribution >= 0.6 is 0 Å². The predicted molar refractivity (Wildman–Crippen MR) is 221 cm³/mol. The third-order valence-electron chi connectivity index (χ3n) is 11.8. The van der Waals surface area contributed by atoms with Gasteiger partial charge in [0.15, 0.2) is 18.7 Å². The Morgan fingerprint density at radius 1 is 0.968 bits per heavy atom. The third-order valence-corrected chi connectivity index (χ3v) is 11.8. The molecule has 62 heavy (non-hydrogen) atoms. The SMILES string of the molecule is CCC(=O)O[C@@H]1CC(=O)O[C@H](C)C/C=C/C=C/[C@H](CCOC(=O)O)[C@H](C)C[C@H](CC=O)C(O[C@@H]2O[C@H](C)[C@@H](O[C@H]3C[C@@](C)(O)[C@@H](OC(=O)CC)[C@H](C)O3)[C@H](N(C)C)[C@H]2O)[C@H]1OC. The number of carboxylic acid groups (broad SMARTS) is 1.